The summed E-state index contributed by atoms with van der Waals surface area (Å²) in [6, 6.07) is 0.944. The summed E-state index contributed by atoms with van der Waals surface area (Å²) in [6.45, 7) is 1.58. The third kappa shape index (κ3) is 4.22. The van der Waals surface area contributed by atoms with E-state index in [1.807, 2.05) is 0 Å². The molecular formula is C9H7BrF3NO3. The maximum Gasteiger partial charge on any atom is 0.573 e. The second-order valence-corrected chi connectivity index (χ2v) is 3.58. The Morgan fingerprint density at radius 1 is 1.53 bits per heavy atom. The Morgan fingerprint density at radius 3 is 2.71 bits per heavy atom. The molecule has 0 radical (unpaired) electrons. The van der Waals surface area contributed by atoms with Crippen LogP contribution in [0.3, 0.4) is 0 Å². The summed E-state index contributed by atoms with van der Waals surface area (Å²) in [6.07, 6.45) is -3.94. The van der Waals surface area contributed by atoms with Crippen molar-refractivity contribution >= 4 is 21.9 Å². The Hall–Kier alpha value is -1.31. The summed E-state index contributed by atoms with van der Waals surface area (Å²) in [5.74, 6) is -1.58. The second kappa shape index (κ2) is 5.35. The zero-order chi connectivity index (χ0) is 13.1. The van der Waals surface area contributed by atoms with Crippen LogP contribution >= 0.6 is 15.9 Å². The van der Waals surface area contributed by atoms with Crippen molar-refractivity contribution in [3.8, 4) is 5.75 Å². The van der Waals surface area contributed by atoms with Gasteiger partial charge in [-0.15, -0.1) is 13.2 Å². The molecule has 0 aliphatic carbocycles. The maximum atomic E-state index is 12.1. The van der Waals surface area contributed by atoms with Crippen LogP contribution in [0.4, 0.5) is 13.2 Å². The summed E-state index contributed by atoms with van der Waals surface area (Å²) in [7, 11) is 0. The van der Waals surface area contributed by atoms with E-state index in [9.17, 15) is 18.0 Å². The molecule has 1 aromatic heterocycles. The lowest BCUT2D eigenvalue weighted by atomic mass is 10.2. The van der Waals surface area contributed by atoms with E-state index >= 15 is 0 Å². The van der Waals surface area contributed by atoms with Gasteiger partial charge in [0.2, 0.25) is 0 Å². The number of carbonyl (C=O) groups is 1. The Balaban J connectivity index is 3.08. The van der Waals surface area contributed by atoms with Gasteiger partial charge in [-0.3, -0.25) is 0 Å². The Morgan fingerprint density at radius 2 is 2.18 bits per heavy atom. The lowest BCUT2D eigenvalue weighted by Gasteiger charge is -2.12. The van der Waals surface area contributed by atoms with Crippen molar-refractivity contribution in [2.75, 3.05) is 6.61 Å². The monoisotopic (exact) mass is 313 g/mol. The van der Waals surface area contributed by atoms with Crippen LogP contribution in [-0.4, -0.2) is 23.9 Å². The molecule has 1 heterocycles. The van der Waals surface area contributed by atoms with Crippen molar-refractivity contribution in [1.82, 2.24) is 4.98 Å². The van der Waals surface area contributed by atoms with Crippen LogP contribution in [0.2, 0.25) is 0 Å². The van der Waals surface area contributed by atoms with Crippen molar-refractivity contribution in [3.05, 3.63) is 22.4 Å². The van der Waals surface area contributed by atoms with Gasteiger partial charge in [-0.25, -0.2) is 9.78 Å². The van der Waals surface area contributed by atoms with Gasteiger partial charge in [0.1, 0.15) is 15.9 Å². The topological polar surface area (TPSA) is 48.4 Å². The van der Waals surface area contributed by atoms with E-state index in [1.165, 1.54) is 6.92 Å². The van der Waals surface area contributed by atoms with Gasteiger partial charge < -0.3 is 9.47 Å². The normalized spacial score (nSPS) is 11.1. The molecule has 0 spiro atoms. The number of halogens is 4. The van der Waals surface area contributed by atoms with Crippen LogP contribution < -0.4 is 4.74 Å². The van der Waals surface area contributed by atoms with Crippen molar-refractivity contribution in [3.63, 3.8) is 0 Å². The van der Waals surface area contributed by atoms with Crippen LogP contribution in [-0.2, 0) is 4.74 Å². The van der Waals surface area contributed by atoms with Crippen LogP contribution in [0.25, 0.3) is 0 Å². The summed E-state index contributed by atoms with van der Waals surface area (Å²) in [4.78, 5) is 15.0. The van der Waals surface area contributed by atoms with E-state index in [0.29, 0.717) is 0 Å². The molecule has 94 valence electrons. The minimum Gasteiger partial charge on any atom is -0.462 e. The summed E-state index contributed by atoms with van der Waals surface area (Å²) in [5, 5.41) is 0. The molecule has 8 heteroatoms. The molecule has 0 amide bonds. The molecule has 4 nitrogen and oxygen atoms in total. The standard InChI is InChI=1S/C9H7BrF3NO3/c1-2-16-8(15)5-4-14-7(10)3-6(5)17-9(11,12)13/h3-4H,2H2,1H3. The molecule has 0 saturated heterocycles. The molecule has 0 unspecified atom stereocenters. The lowest BCUT2D eigenvalue weighted by molar-refractivity contribution is -0.274. The number of nitrogens with zero attached hydrogens (tertiary/aromatic N) is 1. The highest BCUT2D eigenvalue weighted by atomic mass is 79.9. The van der Waals surface area contributed by atoms with E-state index in [0.717, 1.165) is 12.3 Å². The number of aromatic nitrogens is 1. The molecule has 0 aliphatic rings. The van der Waals surface area contributed by atoms with Gasteiger partial charge in [0, 0.05) is 12.3 Å². The molecular weight excluding hydrogens is 307 g/mol. The lowest BCUT2D eigenvalue weighted by Crippen LogP contribution is -2.19. The van der Waals surface area contributed by atoms with E-state index in [1.54, 1.807) is 0 Å². The molecule has 0 atom stereocenters. The van der Waals surface area contributed by atoms with Crippen LogP contribution in [0.15, 0.2) is 16.9 Å². The second-order valence-electron chi connectivity index (χ2n) is 2.77. The maximum absolute atomic E-state index is 12.1. The zero-order valence-electron chi connectivity index (χ0n) is 8.55. The quantitative estimate of drug-likeness (QED) is 0.636. The fourth-order valence-corrected chi connectivity index (χ4v) is 1.29. The van der Waals surface area contributed by atoms with Gasteiger partial charge in [-0.1, -0.05) is 0 Å². The first-order valence-electron chi connectivity index (χ1n) is 4.42. The number of hydrogen-bond donors (Lipinski definition) is 0. The van der Waals surface area contributed by atoms with Crippen LogP contribution in [0.5, 0.6) is 5.75 Å². The van der Waals surface area contributed by atoms with Crippen molar-refractivity contribution in [1.29, 1.82) is 0 Å². The zero-order valence-corrected chi connectivity index (χ0v) is 10.1. The number of alkyl halides is 3. The fourth-order valence-electron chi connectivity index (χ4n) is 0.984. The predicted octanol–water partition coefficient (Wildman–Crippen LogP) is 2.92. The largest absolute Gasteiger partial charge is 0.573 e. The van der Waals surface area contributed by atoms with Gasteiger partial charge in [-0.2, -0.15) is 0 Å². The smallest absolute Gasteiger partial charge is 0.462 e. The van der Waals surface area contributed by atoms with E-state index in [-0.39, 0.29) is 16.8 Å². The van der Waals surface area contributed by atoms with Crippen LogP contribution in [0, 0.1) is 0 Å². The van der Waals surface area contributed by atoms with Gasteiger partial charge in [-0.05, 0) is 22.9 Å². The number of esters is 1. The molecule has 1 aromatic rings. The first kappa shape index (κ1) is 13.8. The molecule has 0 aromatic carbocycles. The molecule has 1 rings (SSSR count). The number of ether oxygens (including phenoxy) is 2. The molecule has 0 fully saturated rings. The predicted molar refractivity (Wildman–Crippen MR) is 54.6 cm³/mol. The molecule has 0 aliphatic heterocycles. The summed E-state index contributed by atoms with van der Waals surface area (Å²) in [5.41, 5.74) is -0.382. The Kier molecular flexibility index (Phi) is 4.33. The number of carbonyl (C=O) groups excluding carboxylic acids is 1. The van der Waals surface area contributed by atoms with Gasteiger partial charge in [0.05, 0.1) is 6.61 Å². The van der Waals surface area contributed by atoms with Gasteiger partial charge in [0.15, 0.2) is 0 Å². The highest BCUT2D eigenvalue weighted by Gasteiger charge is 2.33. The first-order valence-corrected chi connectivity index (χ1v) is 5.21. The summed E-state index contributed by atoms with van der Waals surface area (Å²) >= 11 is 2.88. The molecule has 0 N–H and O–H groups in total. The van der Waals surface area contributed by atoms with Crippen LogP contribution in [0.1, 0.15) is 17.3 Å². The first-order chi connectivity index (χ1) is 7.83. The fraction of sp³-hybridized carbons (Fsp3) is 0.333. The van der Waals surface area contributed by atoms with Crippen molar-refractivity contribution in [2.45, 2.75) is 13.3 Å². The van der Waals surface area contributed by atoms with Crippen molar-refractivity contribution < 1.29 is 27.4 Å². The average Bonchev–Trinajstić information content (AvgIpc) is 2.15. The number of rotatable bonds is 3. The minimum atomic E-state index is -4.89. The van der Waals surface area contributed by atoms with Gasteiger partial charge >= 0.3 is 12.3 Å². The third-order valence-corrected chi connectivity index (χ3v) is 1.99. The summed E-state index contributed by atoms with van der Waals surface area (Å²) < 4.78 is 44.7. The van der Waals surface area contributed by atoms with E-state index in [4.69, 9.17) is 0 Å². The molecule has 17 heavy (non-hydrogen) atoms. The molecule has 0 bridgehead atoms. The van der Waals surface area contributed by atoms with E-state index in [2.05, 4.69) is 30.4 Å². The Bertz CT molecular complexity index is 422. The SMILES string of the molecule is CCOC(=O)c1cnc(Br)cc1OC(F)(F)F. The number of hydrogen-bond acceptors (Lipinski definition) is 4. The molecule has 0 saturated carbocycles. The third-order valence-electron chi connectivity index (χ3n) is 1.55. The van der Waals surface area contributed by atoms with E-state index < -0.39 is 18.1 Å². The highest BCUT2D eigenvalue weighted by molar-refractivity contribution is 9.10. The highest BCUT2D eigenvalue weighted by Crippen LogP contribution is 2.28. The van der Waals surface area contributed by atoms with Gasteiger partial charge in [0.25, 0.3) is 0 Å². The average molecular weight is 314 g/mol. The number of pyridine rings is 1. The minimum absolute atomic E-state index is 0.0420. The Labute approximate surface area is 103 Å². The van der Waals surface area contributed by atoms with Crippen molar-refractivity contribution in [2.24, 2.45) is 0 Å².